The number of carbonyl (C=O) groups is 2. The van der Waals surface area contributed by atoms with Crippen LogP contribution in [0.25, 0.3) is 0 Å². The molecule has 0 aromatic carbocycles. The van der Waals surface area contributed by atoms with E-state index in [0.717, 1.165) is 0 Å². The standard InChI is InChI=1S/C13H25O10P/c1-3-5-13(17)23-11(8-20-12(16)4-2)9-22-24(18,19)21-7-10(15)6-14/h10-11,14-15H,3-9H2,1-2H3,(H,18,19)/t10?,11-/m1/s1. The Morgan fingerprint density at radius 1 is 1.08 bits per heavy atom. The Labute approximate surface area is 140 Å². The summed E-state index contributed by atoms with van der Waals surface area (Å²) in [5.74, 6) is -1.09. The molecule has 0 amide bonds. The molecule has 0 aliphatic heterocycles. The quantitative estimate of drug-likeness (QED) is 0.301. The summed E-state index contributed by atoms with van der Waals surface area (Å²) in [5.41, 5.74) is 0. The molecule has 0 aromatic heterocycles. The molecule has 3 N–H and O–H groups in total. The lowest BCUT2D eigenvalue weighted by Crippen LogP contribution is -2.29. The predicted octanol–water partition coefficient (Wildman–Crippen LogP) is 0.138. The van der Waals surface area contributed by atoms with E-state index in [2.05, 4.69) is 9.05 Å². The van der Waals surface area contributed by atoms with Gasteiger partial charge < -0.3 is 24.6 Å². The van der Waals surface area contributed by atoms with Crippen molar-refractivity contribution in [2.24, 2.45) is 0 Å². The maximum absolute atomic E-state index is 11.6. The summed E-state index contributed by atoms with van der Waals surface area (Å²) in [4.78, 5) is 32.1. The van der Waals surface area contributed by atoms with Crippen LogP contribution in [0.5, 0.6) is 0 Å². The minimum absolute atomic E-state index is 0.122. The summed E-state index contributed by atoms with van der Waals surface area (Å²) in [7, 11) is -4.53. The first-order valence-corrected chi connectivity index (χ1v) is 8.99. The Kier molecular flexibility index (Phi) is 11.8. The lowest BCUT2D eigenvalue weighted by Gasteiger charge is -2.20. The summed E-state index contributed by atoms with van der Waals surface area (Å²) in [5, 5.41) is 17.7. The fourth-order valence-electron chi connectivity index (χ4n) is 1.30. The average molecular weight is 372 g/mol. The molecule has 0 spiro atoms. The molecule has 0 aromatic rings. The third-order valence-electron chi connectivity index (χ3n) is 2.54. The smallest absolute Gasteiger partial charge is 0.462 e. The summed E-state index contributed by atoms with van der Waals surface area (Å²) in [6, 6.07) is 0. The first-order chi connectivity index (χ1) is 11.2. The number of aliphatic hydroxyl groups excluding tert-OH is 2. The third-order valence-corrected chi connectivity index (χ3v) is 3.49. The van der Waals surface area contributed by atoms with Gasteiger partial charge in [0.2, 0.25) is 0 Å². The number of esters is 2. The second kappa shape index (κ2) is 12.3. The van der Waals surface area contributed by atoms with Crippen LogP contribution in [0.3, 0.4) is 0 Å². The number of ether oxygens (including phenoxy) is 2. The van der Waals surface area contributed by atoms with Crippen LogP contribution in [0.15, 0.2) is 0 Å². The molecule has 10 nitrogen and oxygen atoms in total. The maximum atomic E-state index is 11.6. The molecule has 142 valence electrons. The summed E-state index contributed by atoms with van der Waals surface area (Å²) >= 11 is 0. The van der Waals surface area contributed by atoms with Gasteiger partial charge in [0.15, 0.2) is 6.10 Å². The number of carbonyl (C=O) groups excluding carboxylic acids is 2. The summed E-state index contributed by atoms with van der Waals surface area (Å²) < 4.78 is 30.6. The van der Waals surface area contributed by atoms with E-state index >= 15 is 0 Å². The van der Waals surface area contributed by atoms with Crippen LogP contribution in [0.1, 0.15) is 33.1 Å². The van der Waals surface area contributed by atoms with Gasteiger partial charge in [0, 0.05) is 12.8 Å². The molecule has 2 unspecified atom stereocenters. The number of rotatable bonds is 13. The number of hydrogen-bond donors (Lipinski definition) is 3. The topological polar surface area (TPSA) is 149 Å². The molecule has 0 bridgehead atoms. The number of hydrogen-bond acceptors (Lipinski definition) is 9. The lowest BCUT2D eigenvalue weighted by molar-refractivity contribution is -0.161. The van der Waals surface area contributed by atoms with Crippen molar-refractivity contribution in [1.29, 1.82) is 0 Å². The molecule has 3 atom stereocenters. The monoisotopic (exact) mass is 372 g/mol. The van der Waals surface area contributed by atoms with Gasteiger partial charge in [-0.05, 0) is 6.42 Å². The molecule has 0 aliphatic rings. The van der Waals surface area contributed by atoms with Crippen molar-refractivity contribution in [1.82, 2.24) is 0 Å². The first kappa shape index (κ1) is 23.0. The molecule has 0 heterocycles. The minimum Gasteiger partial charge on any atom is -0.462 e. The van der Waals surface area contributed by atoms with Crippen molar-refractivity contribution >= 4 is 19.8 Å². The highest BCUT2D eigenvalue weighted by molar-refractivity contribution is 7.47. The van der Waals surface area contributed by atoms with Gasteiger partial charge in [0.05, 0.1) is 19.8 Å². The van der Waals surface area contributed by atoms with Crippen molar-refractivity contribution in [3.05, 3.63) is 0 Å². The largest absolute Gasteiger partial charge is 0.472 e. The maximum Gasteiger partial charge on any atom is 0.472 e. The first-order valence-electron chi connectivity index (χ1n) is 7.49. The molecule has 0 fully saturated rings. The second-order valence-electron chi connectivity index (χ2n) is 4.79. The predicted molar refractivity (Wildman–Crippen MR) is 80.9 cm³/mol. The molecule has 0 saturated heterocycles. The van der Waals surface area contributed by atoms with Crippen molar-refractivity contribution in [3.8, 4) is 0 Å². The Morgan fingerprint density at radius 3 is 2.25 bits per heavy atom. The van der Waals surface area contributed by atoms with E-state index in [-0.39, 0.29) is 19.4 Å². The molecule has 0 saturated carbocycles. The highest BCUT2D eigenvalue weighted by atomic mass is 31.2. The number of phosphoric ester groups is 1. The van der Waals surface area contributed by atoms with E-state index in [9.17, 15) is 19.0 Å². The normalized spacial score (nSPS) is 16.0. The van der Waals surface area contributed by atoms with Gasteiger partial charge >= 0.3 is 19.8 Å². The van der Waals surface area contributed by atoms with Crippen LogP contribution in [-0.4, -0.2) is 65.7 Å². The van der Waals surface area contributed by atoms with Crippen molar-refractivity contribution in [2.45, 2.75) is 45.3 Å². The molecule has 0 aliphatic carbocycles. The van der Waals surface area contributed by atoms with Crippen molar-refractivity contribution in [2.75, 3.05) is 26.4 Å². The zero-order valence-electron chi connectivity index (χ0n) is 13.8. The van der Waals surface area contributed by atoms with Gasteiger partial charge in [-0.2, -0.15) is 0 Å². The van der Waals surface area contributed by atoms with Gasteiger partial charge in [-0.25, -0.2) is 4.57 Å². The van der Waals surface area contributed by atoms with E-state index in [1.807, 2.05) is 0 Å². The van der Waals surface area contributed by atoms with Gasteiger partial charge in [-0.3, -0.25) is 18.6 Å². The molecule has 0 radical (unpaired) electrons. The van der Waals surface area contributed by atoms with E-state index in [1.165, 1.54) is 0 Å². The Hall–Kier alpha value is -1.03. The Bertz CT molecular complexity index is 427. The highest BCUT2D eigenvalue weighted by Crippen LogP contribution is 2.43. The molecular weight excluding hydrogens is 347 g/mol. The van der Waals surface area contributed by atoms with Crippen LogP contribution in [0.4, 0.5) is 0 Å². The van der Waals surface area contributed by atoms with E-state index in [1.54, 1.807) is 13.8 Å². The number of aliphatic hydroxyl groups is 2. The number of phosphoric acid groups is 1. The summed E-state index contributed by atoms with van der Waals surface area (Å²) in [6.45, 7) is 1.21. The lowest BCUT2D eigenvalue weighted by atomic mass is 10.3. The van der Waals surface area contributed by atoms with Gasteiger partial charge in [-0.1, -0.05) is 13.8 Å². The molecule has 24 heavy (non-hydrogen) atoms. The van der Waals surface area contributed by atoms with E-state index in [0.29, 0.717) is 6.42 Å². The SMILES string of the molecule is CCCC(=O)O[C@H](COC(=O)CC)COP(=O)(O)OCC(O)CO. The molecule has 0 rings (SSSR count). The Morgan fingerprint density at radius 2 is 1.71 bits per heavy atom. The fraction of sp³-hybridized carbons (Fsp3) is 0.846. The van der Waals surface area contributed by atoms with Gasteiger partial charge in [-0.15, -0.1) is 0 Å². The average Bonchev–Trinajstić information content (AvgIpc) is 2.55. The minimum atomic E-state index is -4.53. The van der Waals surface area contributed by atoms with Gasteiger partial charge in [0.1, 0.15) is 12.7 Å². The van der Waals surface area contributed by atoms with Crippen LogP contribution >= 0.6 is 7.82 Å². The van der Waals surface area contributed by atoms with E-state index < -0.39 is 51.8 Å². The highest BCUT2D eigenvalue weighted by Gasteiger charge is 2.26. The molecular formula is C13H25O10P. The van der Waals surface area contributed by atoms with Crippen LogP contribution < -0.4 is 0 Å². The van der Waals surface area contributed by atoms with Crippen molar-refractivity contribution < 1.29 is 47.8 Å². The zero-order chi connectivity index (χ0) is 18.6. The summed E-state index contributed by atoms with van der Waals surface area (Å²) in [6.07, 6.45) is -1.61. The fourth-order valence-corrected chi connectivity index (χ4v) is 2.09. The third kappa shape index (κ3) is 11.5. The van der Waals surface area contributed by atoms with Gasteiger partial charge in [0.25, 0.3) is 0 Å². The van der Waals surface area contributed by atoms with Crippen LogP contribution in [0, 0.1) is 0 Å². The van der Waals surface area contributed by atoms with Crippen molar-refractivity contribution in [3.63, 3.8) is 0 Å². The second-order valence-corrected chi connectivity index (χ2v) is 6.25. The van der Waals surface area contributed by atoms with E-state index in [4.69, 9.17) is 19.7 Å². The Balaban J connectivity index is 4.52. The van der Waals surface area contributed by atoms with Crippen LogP contribution in [-0.2, 0) is 32.7 Å². The molecule has 11 heteroatoms. The van der Waals surface area contributed by atoms with Crippen LogP contribution in [0.2, 0.25) is 0 Å². The zero-order valence-corrected chi connectivity index (χ0v) is 14.6.